The molecule has 3 N–H and O–H groups in total. The minimum absolute atomic E-state index is 0.151. The molecule has 36 heavy (non-hydrogen) atoms. The lowest BCUT2D eigenvalue weighted by Gasteiger charge is -2.22. The van der Waals surface area contributed by atoms with Crippen LogP contribution in [0.3, 0.4) is 0 Å². The lowest BCUT2D eigenvalue weighted by atomic mass is 9.96. The van der Waals surface area contributed by atoms with Crippen LogP contribution in [0.5, 0.6) is 0 Å². The average Bonchev–Trinajstić information content (AvgIpc) is 2.82. The van der Waals surface area contributed by atoms with Gasteiger partial charge in [0.15, 0.2) is 0 Å². The van der Waals surface area contributed by atoms with Crippen LogP contribution in [0.1, 0.15) is 58.4 Å². The Bertz CT molecular complexity index is 1050. The van der Waals surface area contributed by atoms with Gasteiger partial charge in [0.05, 0.1) is 0 Å². The van der Waals surface area contributed by atoms with E-state index in [1.54, 1.807) is 40.2 Å². The molecule has 1 heterocycles. The number of ether oxygens (including phenoxy) is 1. The summed E-state index contributed by atoms with van der Waals surface area (Å²) in [5, 5.41) is 8.16. The number of alkyl carbamates (subject to hydrolysis) is 1. The summed E-state index contributed by atoms with van der Waals surface area (Å²) >= 11 is 0. The van der Waals surface area contributed by atoms with Crippen molar-refractivity contribution in [2.24, 2.45) is 0 Å². The molecule has 10 heteroatoms. The van der Waals surface area contributed by atoms with Gasteiger partial charge in [-0.05, 0) is 50.8 Å². The van der Waals surface area contributed by atoms with Crippen molar-refractivity contribution in [3.05, 3.63) is 42.2 Å². The number of nitrogens with zero attached hydrogens (tertiary/aromatic N) is 3. The Morgan fingerprint density at radius 2 is 1.75 bits per heavy atom. The van der Waals surface area contributed by atoms with Crippen molar-refractivity contribution in [1.29, 1.82) is 0 Å². The van der Waals surface area contributed by atoms with Gasteiger partial charge in [-0.1, -0.05) is 37.5 Å². The molecule has 0 atom stereocenters. The van der Waals surface area contributed by atoms with Crippen LogP contribution < -0.4 is 16.0 Å². The summed E-state index contributed by atoms with van der Waals surface area (Å²) in [6, 6.07) is 7.61. The van der Waals surface area contributed by atoms with E-state index >= 15 is 0 Å². The van der Waals surface area contributed by atoms with Crippen molar-refractivity contribution in [1.82, 2.24) is 25.5 Å². The van der Waals surface area contributed by atoms with E-state index in [-0.39, 0.29) is 30.5 Å². The predicted octanol–water partition coefficient (Wildman–Crippen LogP) is 4.08. The number of amides is 4. The van der Waals surface area contributed by atoms with Gasteiger partial charge in [0.25, 0.3) is 0 Å². The molecule has 10 nitrogen and oxygen atoms in total. The number of carbonyl (C=O) groups is 3. The van der Waals surface area contributed by atoms with Gasteiger partial charge < -0.3 is 20.3 Å². The van der Waals surface area contributed by atoms with Gasteiger partial charge in [-0.3, -0.25) is 10.1 Å². The summed E-state index contributed by atoms with van der Waals surface area (Å²) in [7, 11) is 1.67. The molecule has 1 saturated carbocycles. The Morgan fingerprint density at radius 1 is 1.06 bits per heavy atom. The first-order chi connectivity index (χ1) is 17.1. The SMILES string of the molecule is CN(Cc1cccc(-c2cnc(NC(=O)NC3CCCCC3)nc2)c1)C(=O)CNC(=O)OC(C)(C)C. The number of aromatic nitrogens is 2. The number of hydrogen-bond donors (Lipinski definition) is 3. The molecule has 1 aliphatic carbocycles. The molecule has 0 bridgehead atoms. The summed E-state index contributed by atoms with van der Waals surface area (Å²) < 4.78 is 5.16. The zero-order chi connectivity index (χ0) is 26.1. The fourth-order valence-corrected chi connectivity index (χ4v) is 3.92. The molecule has 3 rings (SSSR count). The smallest absolute Gasteiger partial charge is 0.408 e. The van der Waals surface area contributed by atoms with Crippen LogP contribution >= 0.6 is 0 Å². The predicted molar refractivity (Wildman–Crippen MR) is 137 cm³/mol. The first-order valence-corrected chi connectivity index (χ1v) is 12.3. The summed E-state index contributed by atoms with van der Waals surface area (Å²) in [6.45, 7) is 5.50. The lowest BCUT2D eigenvalue weighted by Crippen LogP contribution is -2.40. The molecule has 4 amide bonds. The third-order valence-corrected chi connectivity index (χ3v) is 5.71. The molecular formula is C26H36N6O4. The summed E-state index contributed by atoms with van der Waals surface area (Å²) in [6.07, 6.45) is 8.20. The van der Waals surface area contributed by atoms with Gasteiger partial charge >= 0.3 is 12.1 Å². The van der Waals surface area contributed by atoms with Gasteiger partial charge in [-0.25, -0.2) is 19.6 Å². The molecule has 194 valence electrons. The fraction of sp³-hybridized carbons (Fsp3) is 0.500. The highest BCUT2D eigenvalue weighted by Gasteiger charge is 2.18. The van der Waals surface area contributed by atoms with E-state index < -0.39 is 11.7 Å². The maximum atomic E-state index is 12.4. The van der Waals surface area contributed by atoms with Crippen molar-refractivity contribution < 1.29 is 19.1 Å². The average molecular weight is 497 g/mol. The van der Waals surface area contributed by atoms with E-state index in [9.17, 15) is 14.4 Å². The van der Waals surface area contributed by atoms with Crippen LogP contribution in [0.4, 0.5) is 15.5 Å². The highest BCUT2D eigenvalue weighted by atomic mass is 16.6. The Labute approximate surface area is 212 Å². The molecule has 1 fully saturated rings. The molecule has 1 aromatic heterocycles. The monoisotopic (exact) mass is 496 g/mol. The minimum atomic E-state index is -0.629. The van der Waals surface area contributed by atoms with E-state index in [2.05, 4.69) is 25.9 Å². The molecule has 0 saturated heterocycles. The Balaban J connectivity index is 1.52. The van der Waals surface area contributed by atoms with Crippen LogP contribution in [0.25, 0.3) is 11.1 Å². The van der Waals surface area contributed by atoms with Crippen molar-refractivity contribution in [2.45, 2.75) is 71.1 Å². The van der Waals surface area contributed by atoms with E-state index in [0.29, 0.717) is 6.54 Å². The molecule has 2 aromatic rings. The molecule has 0 aliphatic heterocycles. The standard InChI is InChI=1S/C26H36N6O4/c1-26(2,3)36-25(35)29-16-22(33)32(4)17-18-9-8-10-19(13-18)20-14-27-23(28-15-20)31-24(34)30-21-11-6-5-7-12-21/h8-10,13-15,21H,5-7,11-12,16-17H2,1-4H3,(H,29,35)(H2,27,28,30,31,34). The third-order valence-electron chi connectivity index (χ3n) is 5.71. The van der Waals surface area contributed by atoms with Crippen molar-refractivity contribution >= 4 is 24.0 Å². The van der Waals surface area contributed by atoms with E-state index in [4.69, 9.17) is 4.74 Å². The molecular weight excluding hydrogens is 460 g/mol. The first kappa shape index (κ1) is 26.9. The number of carbonyl (C=O) groups excluding carboxylic acids is 3. The van der Waals surface area contributed by atoms with E-state index in [0.717, 1.165) is 42.4 Å². The fourth-order valence-electron chi connectivity index (χ4n) is 3.92. The van der Waals surface area contributed by atoms with Crippen LogP contribution in [0.15, 0.2) is 36.7 Å². The topological polar surface area (TPSA) is 126 Å². The van der Waals surface area contributed by atoms with Crippen LogP contribution in [-0.4, -0.2) is 58.1 Å². The molecule has 1 aliphatic rings. The van der Waals surface area contributed by atoms with Crippen molar-refractivity contribution in [3.8, 4) is 11.1 Å². The van der Waals surface area contributed by atoms with Gasteiger partial charge in [0, 0.05) is 37.6 Å². The van der Waals surface area contributed by atoms with E-state index in [1.165, 1.54) is 11.3 Å². The van der Waals surface area contributed by atoms with Crippen molar-refractivity contribution in [3.63, 3.8) is 0 Å². The second kappa shape index (κ2) is 12.3. The second-order valence-corrected chi connectivity index (χ2v) is 10.0. The van der Waals surface area contributed by atoms with Crippen LogP contribution in [-0.2, 0) is 16.1 Å². The quantitative estimate of drug-likeness (QED) is 0.530. The van der Waals surface area contributed by atoms with Gasteiger partial charge in [-0.15, -0.1) is 0 Å². The highest BCUT2D eigenvalue weighted by Crippen LogP contribution is 2.21. The number of nitrogens with one attached hydrogen (secondary N) is 3. The highest BCUT2D eigenvalue weighted by molar-refractivity contribution is 5.87. The number of anilines is 1. The Morgan fingerprint density at radius 3 is 2.42 bits per heavy atom. The second-order valence-electron chi connectivity index (χ2n) is 10.0. The zero-order valence-electron chi connectivity index (χ0n) is 21.5. The normalized spacial score (nSPS) is 14.0. The summed E-state index contributed by atoms with van der Waals surface area (Å²) in [5.41, 5.74) is 1.96. The third kappa shape index (κ3) is 8.83. The maximum absolute atomic E-state index is 12.4. The van der Waals surface area contributed by atoms with Gasteiger partial charge in [0.1, 0.15) is 12.1 Å². The van der Waals surface area contributed by atoms with Crippen LogP contribution in [0, 0.1) is 0 Å². The summed E-state index contributed by atoms with van der Waals surface area (Å²) in [5.74, 6) is 0.00237. The minimum Gasteiger partial charge on any atom is -0.444 e. The Kier molecular flexibility index (Phi) is 9.21. The molecule has 0 radical (unpaired) electrons. The van der Waals surface area contributed by atoms with E-state index in [1.807, 2.05) is 24.3 Å². The number of hydrogen-bond acceptors (Lipinski definition) is 6. The number of rotatable bonds is 7. The summed E-state index contributed by atoms with van der Waals surface area (Å²) in [4.78, 5) is 46.5. The van der Waals surface area contributed by atoms with Gasteiger partial charge in [0.2, 0.25) is 11.9 Å². The first-order valence-electron chi connectivity index (χ1n) is 12.3. The number of likely N-dealkylation sites (N-methyl/N-ethyl adjacent to an activating group) is 1. The maximum Gasteiger partial charge on any atom is 0.408 e. The van der Waals surface area contributed by atoms with Crippen LogP contribution in [0.2, 0.25) is 0 Å². The van der Waals surface area contributed by atoms with Gasteiger partial charge in [-0.2, -0.15) is 0 Å². The molecule has 0 spiro atoms. The largest absolute Gasteiger partial charge is 0.444 e. The zero-order valence-corrected chi connectivity index (χ0v) is 21.5. The number of benzene rings is 1. The van der Waals surface area contributed by atoms with Crippen molar-refractivity contribution in [2.75, 3.05) is 18.9 Å². The molecule has 0 unspecified atom stereocenters. The molecule has 1 aromatic carbocycles. The lowest BCUT2D eigenvalue weighted by molar-refractivity contribution is -0.129. The Hall–Kier alpha value is -3.69. The number of urea groups is 1.